The summed E-state index contributed by atoms with van der Waals surface area (Å²) in [5.74, 6) is 0.668. The Labute approximate surface area is 108 Å². The number of aromatic nitrogens is 4. The number of rotatable bonds is 5. The van der Waals surface area contributed by atoms with E-state index in [1.165, 1.54) is 6.26 Å². The third kappa shape index (κ3) is 5.09. The highest BCUT2D eigenvalue weighted by Crippen LogP contribution is 2.09. The molecule has 0 radical (unpaired) electrons. The van der Waals surface area contributed by atoms with E-state index in [4.69, 9.17) is 0 Å². The highest BCUT2D eigenvalue weighted by atomic mass is 32.2. The first kappa shape index (κ1) is 15.0. The fraction of sp³-hybridized carbons (Fsp3) is 0.900. The Hall–Kier alpha value is -1.02. The fourth-order valence-electron chi connectivity index (χ4n) is 1.52. The molecule has 0 aromatic carbocycles. The second kappa shape index (κ2) is 5.31. The van der Waals surface area contributed by atoms with Crippen molar-refractivity contribution in [1.29, 1.82) is 0 Å². The Morgan fingerprint density at radius 2 is 2.00 bits per heavy atom. The summed E-state index contributed by atoms with van der Waals surface area (Å²) in [5.41, 5.74) is -0.0448. The Bertz CT molecular complexity index is 489. The van der Waals surface area contributed by atoms with Crippen molar-refractivity contribution in [2.24, 2.45) is 0 Å². The van der Waals surface area contributed by atoms with Crippen LogP contribution in [0, 0.1) is 0 Å². The van der Waals surface area contributed by atoms with E-state index in [0.717, 1.165) is 0 Å². The van der Waals surface area contributed by atoms with E-state index in [-0.39, 0.29) is 17.3 Å². The van der Waals surface area contributed by atoms with Gasteiger partial charge in [-0.3, -0.25) is 0 Å². The standard InChI is InChI=1S/C10H21N5O2S/c1-8(7-18(5,16)17)15-9(12-13-14-15)6-11-10(2,3)4/h8,11H,6-7H2,1-5H3. The molecule has 0 saturated carbocycles. The third-order valence-corrected chi connectivity index (χ3v) is 3.39. The monoisotopic (exact) mass is 275 g/mol. The second-order valence-corrected chi connectivity index (χ2v) is 7.77. The van der Waals surface area contributed by atoms with Crippen molar-refractivity contribution in [2.75, 3.05) is 12.0 Å². The number of hydrogen-bond donors (Lipinski definition) is 1. The summed E-state index contributed by atoms with van der Waals surface area (Å²) in [7, 11) is -3.05. The zero-order chi connectivity index (χ0) is 14.0. The maximum atomic E-state index is 11.3. The van der Waals surface area contributed by atoms with E-state index in [1.54, 1.807) is 11.6 Å². The summed E-state index contributed by atoms with van der Waals surface area (Å²) in [5, 5.41) is 14.6. The quantitative estimate of drug-likeness (QED) is 0.823. The van der Waals surface area contributed by atoms with Crippen molar-refractivity contribution in [2.45, 2.75) is 45.8 Å². The molecular formula is C10H21N5O2S. The Morgan fingerprint density at radius 1 is 1.39 bits per heavy atom. The maximum Gasteiger partial charge on any atom is 0.165 e. The predicted molar refractivity (Wildman–Crippen MR) is 68.8 cm³/mol. The molecule has 1 unspecified atom stereocenters. The van der Waals surface area contributed by atoms with Gasteiger partial charge >= 0.3 is 0 Å². The highest BCUT2D eigenvalue weighted by molar-refractivity contribution is 7.90. The minimum atomic E-state index is -3.05. The fourth-order valence-corrected chi connectivity index (χ4v) is 2.54. The zero-order valence-corrected chi connectivity index (χ0v) is 12.3. The molecule has 7 nitrogen and oxygen atoms in total. The van der Waals surface area contributed by atoms with Crippen molar-refractivity contribution in [3.63, 3.8) is 0 Å². The zero-order valence-electron chi connectivity index (χ0n) is 11.5. The van der Waals surface area contributed by atoms with Gasteiger partial charge in [0.2, 0.25) is 0 Å². The molecule has 0 aliphatic carbocycles. The van der Waals surface area contributed by atoms with Crippen LogP contribution in [0.4, 0.5) is 0 Å². The van der Waals surface area contributed by atoms with E-state index in [9.17, 15) is 8.42 Å². The molecule has 8 heteroatoms. The van der Waals surface area contributed by atoms with E-state index in [1.807, 2.05) is 20.8 Å². The third-order valence-electron chi connectivity index (χ3n) is 2.30. The van der Waals surface area contributed by atoms with E-state index in [0.29, 0.717) is 12.4 Å². The molecule has 18 heavy (non-hydrogen) atoms. The van der Waals surface area contributed by atoms with Gasteiger partial charge in [0.25, 0.3) is 0 Å². The summed E-state index contributed by atoms with van der Waals surface area (Å²) in [4.78, 5) is 0. The van der Waals surface area contributed by atoms with Crippen molar-refractivity contribution < 1.29 is 8.42 Å². The molecule has 0 fully saturated rings. The number of hydrogen-bond acceptors (Lipinski definition) is 6. The van der Waals surface area contributed by atoms with Gasteiger partial charge in [-0.1, -0.05) is 0 Å². The van der Waals surface area contributed by atoms with Crippen LogP contribution in [0.2, 0.25) is 0 Å². The van der Waals surface area contributed by atoms with Crippen LogP contribution in [0.1, 0.15) is 39.6 Å². The largest absolute Gasteiger partial charge is 0.305 e. The molecule has 1 aromatic rings. The molecule has 0 saturated heterocycles. The van der Waals surface area contributed by atoms with Gasteiger partial charge in [-0.2, -0.15) is 0 Å². The minimum Gasteiger partial charge on any atom is -0.305 e. The van der Waals surface area contributed by atoms with E-state index >= 15 is 0 Å². The van der Waals surface area contributed by atoms with E-state index < -0.39 is 9.84 Å². The summed E-state index contributed by atoms with van der Waals surface area (Å²) >= 11 is 0. The van der Waals surface area contributed by atoms with Crippen LogP contribution in [-0.4, -0.2) is 46.2 Å². The molecule has 1 atom stereocenters. The molecule has 0 amide bonds. The Balaban J connectivity index is 2.76. The lowest BCUT2D eigenvalue weighted by Crippen LogP contribution is -2.36. The minimum absolute atomic E-state index is 0.0283. The van der Waals surface area contributed by atoms with Crippen LogP contribution in [0.5, 0.6) is 0 Å². The van der Waals surface area contributed by atoms with Gasteiger partial charge < -0.3 is 5.32 Å². The molecule has 1 N–H and O–H groups in total. The van der Waals surface area contributed by atoms with E-state index in [2.05, 4.69) is 20.8 Å². The molecule has 0 bridgehead atoms. The SMILES string of the molecule is CC(CS(C)(=O)=O)n1nnnc1CNC(C)(C)C. The average molecular weight is 275 g/mol. The Kier molecular flexibility index (Phi) is 4.44. The van der Waals surface area contributed by atoms with Crippen LogP contribution in [0.3, 0.4) is 0 Å². The first-order valence-corrected chi connectivity index (χ1v) is 7.84. The van der Waals surface area contributed by atoms with Gasteiger partial charge in [-0.15, -0.1) is 5.10 Å². The van der Waals surface area contributed by atoms with Gasteiger partial charge in [0, 0.05) is 11.8 Å². The van der Waals surface area contributed by atoms with Crippen LogP contribution in [-0.2, 0) is 16.4 Å². The highest BCUT2D eigenvalue weighted by Gasteiger charge is 2.18. The molecule has 1 aromatic heterocycles. The average Bonchev–Trinajstić information content (AvgIpc) is 2.58. The molecule has 0 spiro atoms. The van der Waals surface area contributed by atoms with Gasteiger partial charge in [-0.25, -0.2) is 13.1 Å². The molecule has 0 aliphatic rings. The lowest BCUT2D eigenvalue weighted by molar-refractivity contribution is 0.399. The predicted octanol–water partition coefficient (Wildman–Crippen LogP) is 0.167. The number of sulfone groups is 1. The van der Waals surface area contributed by atoms with Gasteiger partial charge in [-0.05, 0) is 38.1 Å². The van der Waals surface area contributed by atoms with Crippen LogP contribution >= 0.6 is 0 Å². The van der Waals surface area contributed by atoms with Gasteiger partial charge in [0.05, 0.1) is 18.3 Å². The maximum absolute atomic E-state index is 11.3. The first-order chi connectivity index (χ1) is 8.08. The topological polar surface area (TPSA) is 89.8 Å². The molecule has 0 aliphatic heterocycles. The van der Waals surface area contributed by atoms with Gasteiger partial charge in [0.1, 0.15) is 9.84 Å². The smallest absolute Gasteiger partial charge is 0.165 e. The number of nitrogens with zero attached hydrogens (tertiary/aromatic N) is 4. The number of tetrazole rings is 1. The first-order valence-electron chi connectivity index (χ1n) is 5.78. The summed E-state index contributed by atoms with van der Waals surface area (Å²) in [6.07, 6.45) is 1.21. The molecule has 1 heterocycles. The summed E-state index contributed by atoms with van der Waals surface area (Å²) in [6, 6.07) is -0.272. The van der Waals surface area contributed by atoms with Crippen LogP contribution in [0.25, 0.3) is 0 Å². The van der Waals surface area contributed by atoms with Crippen molar-refractivity contribution in [3.8, 4) is 0 Å². The lowest BCUT2D eigenvalue weighted by atomic mass is 10.1. The Morgan fingerprint density at radius 3 is 2.50 bits per heavy atom. The van der Waals surface area contributed by atoms with Crippen molar-refractivity contribution in [3.05, 3.63) is 5.82 Å². The lowest BCUT2D eigenvalue weighted by Gasteiger charge is -2.20. The summed E-state index contributed by atoms with van der Waals surface area (Å²) in [6.45, 7) is 8.42. The second-order valence-electron chi connectivity index (χ2n) is 5.58. The van der Waals surface area contributed by atoms with Crippen LogP contribution < -0.4 is 5.32 Å². The van der Waals surface area contributed by atoms with Crippen molar-refractivity contribution >= 4 is 9.84 Å². The molecular weight excluding hydrogens is 254 g/mol. The van der Waals surface area contributed by atoms with Gasteiger partial charge in [0.15, 0.2) is 5.82 Å². The number of nitrogens with one attached hydrogen (secondary N) is 1. The summed E-state index contributed by atoms with van der Waals surface area (Å²) < 4.78 is 24.1. The van der Waals surface area contributed by atoms with Crippen LogP contribution in [0.15, 0.2) is 0 Å². The van der Waals surface area contributed by atoms with Crippen molar-refractivity contribution in [1.82, 2.24) is 25.5 Å². The molecule has 104 valence electrons. The molecule has 1 rings (SSSR count). The normalized spacial score (nSPS) is 14.7.